The Bertz CT molecular complexity index is 518. The first kappa shape index (κ1) is 12.4. The van der Waals surface area contributed by atoms with Crippen molar-refractivity contribution in [2.45, 2.75) is 32.6 Å². The highest BCUT2D eigenvalue weighted by molar-refractivity contribution is 5.88. The van der Waals surface area contributed by atoms with Gasteiger partial charge in [0.05, 0.1) is 11.4 Å². The van der Waals surface area contributed by atoms with E-state index in [1.54, 1.807) is 6.20 Å². The van der Waals surface area contributed by atoms with E-state index in [0.29, 0.717) is 6.42 Å². The Hall–Kier alpha value is -1.68. The first-order valence-electron chi connectivity index (χ1n) is 6.97. The van der Waals surface area contributed by atoms with Crippen molar-refractivity contribution in [2.75, 3.05) is 13.1 Å². The van der Waals surface area contributed by atoms with Crippen LogP contribution in [0.2, 0.25) is 0 Å². The van der Waals surface area contributed by atoms with Crippen LogP contribution in [-0.4, -0.2) is 34.0 Å². The van der Waals surface area contributed by atoms with Gasteiger partial charge in [-0.25, -0.2) is 10.0 Å². The lowest BCUT2D eigenvalue weighted by Crippen LogP contribution is -2.45. The molecule has 1 aromatic rings. The zero-order chi connectivity index (χ0) is 13.2. The fraction of sp³-hybridized carbons (Fsp3) is 0.467. The molecule has 0 radical (unpaired) electrons. The maximum absolute atomic E-state index is 12.3. The number of amides is 1. The van der Waals surface area contributed by atoms with Crippen molar-refractivity contribution in [2.24, 2.45) is 0 Å². The molecule has 1 fully saturated rings. The summed E-state index contributed by atoms with van der Waals surface area (Å²) in [6.07, 6.45) is 7.69. The first-order valence-corrected chi connectivity index (χ1v) is 6.97. The van der Waals surface area contributed by atoms with Gasteiger partial charge in [0.1, 0.15) is 0 Å². The zero-order valence-electron chi connectivity index (χ0n) is 11.3. The molecule has 100 valence electrons. The van der Waals surface area contributed by atoms with E-state index in [1.807, 2.05) is 24.1 Å². The number of pyridine rings is 1. The van der Waals surface area contributed by atoms with Gasteiger partial charge >= 0.3 is 0 Å². The molecule has 19 heavy (non-hydrogen) atoms. The lowest BCUT2D eigenvalue weighted by atomic mass is 10.1. The summed E-state index contributed by atoms with van der Waals surface area (Å²) in [6.45, 7) is 3.98. The molecule has 0 aliphatic carbocycles. The molecule has 0 bridgehead atoms. The zero-order valence-corrected chi connectivity index (χ0v) is 11.3. The Kier molecular flexibility index (Phi) is 3.34. The summed E-state index contributed by atoms with van der Waals surface area (Å²) in [7, 11) is 0. The maximum atomic E-state index is 12.3. The molecule has 4 nitrogen and oxygen atoms in total. The number of hydrogen-bond donors (Lipinski definition) is 0. The molecule has 0 unspecified atom stereocenters. The van der Waals surface area contributed by atoms with Gasteiger partial charge in [0, 0.05) is 25.7 Å². The normalized spacial score (nSPS) is 20.8. The second kappa shape index (κ2) is 5.13. The number of allylic oxidation sites excluding steroid dienone is 1. The molecule has 2 aliphatic heterocycles. The monoisotopic (exact) mass is 257 g/mol. The quantitative estimate of drug-likeness (QED) is 0.816. The smallest absolute Gasteiger partial charge is 0.241 e. The molecule has 0 N–H and O–H groups in total. The molecular formula is C15H19N3O. The molecule has 2 aliphatic rings. The minimum absolute atomic E-state index is 0.199. The lowest BCUT2D eigenvalue weighted by Gasteiger charge is -2.35. The Morgan fingerprint density at radius 1 is 1.26 bits per heavy atom. The second-order valence-corrected chi connectivity index (χ2v) is 5.16. The van der Waals surface area contributed by atoms with Crippen LogP contribution in [0.3, 0.4) is 0 Å². The Morgan fingerprint density at radius 3 is 2.79 bits per heavy atom. The van der Waals surface area contributed by atoms with Gasteiger partial charge in [0.25, 0.3) is 0 Å². The summed E-state index contributed by atoms with van der Waals surface area (Å²) < 4.78 is 0. The van der Waals surface area contributed by atoms with Gasteiger partial charge in [-0.2, -0.15) is 0 Å². The van der Waals surface area contributed by atoms with Crippen LogP contribution in [0.5, 0.6) is 0 Å². The van der Waals surface area contributed by atoms with Gasteiger partial charge in [0.2, 0.25) is 5.91 Å². The van der Waals surface area contributed by atoms with Gasteiger partial charge < -0.3 is 0 Å². The molecule has 0 atom stereocenters. The van der Waals surface area contributed by atoms with Gasteiger partial charge in [-0.05, 0) is 37.8 Å². The number of hydrazine groups is 1. The van der Waals surface area contributed by atoms with Crippen molar-refractivity contribution in [3.63, 3.8) is 0 Å². The third-order valence-corrected chi connectivity index (χ3v) is 3.78. The van der Waals surface area contributed by atoms with Crippen LogP contribution in [0.1, 0.15) is 36.9 Å². The van der Waals surface area contributed by atoms with Crippen molar-refractivity contribution in [1.29, 1.82) is 0 Å². The van der Waals surface area contributed by atoms with E-state index in [-0.39, 0.29) is 5.91 Å². The maximum Gasteiger partial charge on any atom is 0.241 e. The molecule has 3 heterocycles. The molecule has 4 heteroatoms. The van der Waals surface area contributed by atoms with Crippen LogP contribution in [0.15, 0.2) is 24.4 Å². The summed E-state index contributed by atoms with van der Waals surface area (Å²) in [5.41, 5.74) is 3.02. The van der Waals surface area contributed by atoms with E-state index in [1.165, 1.54) is 0 Å². The van der Waals surface area contributed by atoms with Crippen molar-refractivity contribution in [1.82, 2.24) is 15.0 Å². The third kappa shape index (κ3) is 2.28. The Labute approximate surface area is 113 Å². The molecule has 0 saturated carbocycles. The molecule has 1 amide bonds. The van der Waals surface area contributed by atoms with E-state index in [2.05, 4.69) is 16.1 Å². The van der Waals surface area contributed by atoms with Crippen LogP contribution < -0.4 is 0 Å². The number of carbonyl (C=O) groups excluding carboxylic acids is 1. The average Bonchev–Trinajstić information content (AvgIpc) is 2.92. The summed E-state index contributed by atoms with van der Waals surface area (Å²) in [5, 5.41) is 4.04. The number of rotatable bonds is 2. The standard InChI is InChI=1S/C15H19N3O/c1-12-6-5-9-16-15(12)13-7-4-8-14(19)18(13)17-10-2-3-11-17/h5-7,9H,2-4,8,10-11H2,1H3. The van der Waals surface area contributed by atoms with Crippen molar-refractivity contribution in [3.8, 4) is 0 Å². The Morgan fingerprint density at radius 2 is 2.05 bits per heavy atom. The highest BCUT2D eigenvalue weighted by atomic mass is 16.2. The summed E-state index contributed by atoms with van der Waals surface area (Å²) in [6, 6.07) is 3.98. The number of aryl methyl sites for hydroxylation is 1. The summed E-state index contributed by atoms with van der Waals surface area (Å²) in [4.78, 5) is 16.8. The molecule has 0 spiro atoms. The Balaban J connectivity index is 1.99. The summed E-state index contributed by atoms with van der Waals surface area (Å²) in [5.74, 6) is 0.199. The van der Waals surface area contributed by atoms with Crippen LogP contribution in [0, 0.1) is 6.92 Å². The van der Waals surface area contributed by atoms with Crippen molar-refractivity contribution >= 4 is 11.6 Å². The second-order valence-electron chi connectivity index (χ2n) is 5.16. The van der Waals surface area contributed by atoms with Gasteiger partial charge in [0.15, 0.2) is 0 Å². The van der Waals surface area contributed by atoms with Crippen molar-refractivity contribution in [3.05, 3.63) is 35.7 Å². The van der Waals surface area contributed by atoms with E-state index in [0.717, 1.165) is 49.3 Å². The average molecular weight is 257 g/mol. The SMILES string of the molecule is Cc1cccnc1C1=CCCC(=O)N1N1CCCC1. The summed E-state index contributed by atoms with van der Waals surface area (Å²) >= 11 is 0. The molecule has 3 rings (SSSR count). The van der Waals surface area contributed by atoms with E-state index in [9.17, 15) is 4.79 Å². The van der Waals surface area contributed by atoms with E-state index >= 15 is 0 Å². The van der Waals surface area contributed by atoms with E-state index in [4.69, 9.17) is 0 Å². The minimum atomic E-state index is 0.199. The number of hydrogen-bond acceptors (Lipinski definition) is 3. The lowest BCUT2D eigenvalue weighted by molar-refractivity contribution is -0.140. The topological polar surface area (TPSA) is 36.4 Å². The first-order chi connectivity index (χ1) is 9.27. The highest BCUT2D eigenvalue weighted by Gasteiger charge is 2.31. The van der Waals surface area contributed by atoms with Crippen LogP contribution in [0.4, 0.5) is 0 Å². The highest BCUT2D eigenvalue weighted by Crippen LogP contribution is 2.29. The molecular weight excluding hydrogens is 238 g/mol. The molecule has 1 saturated heterocycles. The number of aromatic nitrogens is 1. The predicted molar refractivity (Wildman–Crippen MR) is 73.8 cm³/mol. The van der Waals surface area contributed by atoms with Crippen LogP contribution in [0.25, 0.3) is 5.70 Å². The van der Waals surface area contributed by atoms with Crippen LogP contribution in [-0.2, 0) is 4.79 Å². The number of nitrogens with zero attached hydrogens (tertiary/aromatic N) is 3. The van der Waals surface area contributed by atoms with Gasteiger partial charge in [-0.15, -0.1) is 0 Å². The van der Waals surface area contributed by atoms with Gasteiger partial charge in [-0.1, -0.05) is 12.1 Å². The van der Waals surface area contributed by atoms with E-state index < -0.39 is 0 Å². The third-order valence-electron chi connectivity index (χ3n) is 3.78. The van der Waals surface area contributed by atoms with Gasteiger partial charge in [-0.3, -0.25) is 9.78 Å². The van der Waals surface area contributed by atoms with Crippen LogP contribution >= 0.6 is 0 Å². The minimum Gasteiger partial charge on any atom is -0.273 e. The number of carbonyl (C=O) groups is 1. The largest absolute Gasteiger partial charge is 0.273 e. The fourth-order valence-electron chi connectivity index (χ4n) is 2.82. The molecule has 0 aromatic carbocycles. The fourth-order valence-corrected chi connectivity index (χ4v) is 2.82. The van der Waals surface area contributed by atoms with Crippen molar-refractivity contribution < 1.29 is 4.79 Å². The molecule has 1 aromatic heterocycles. The predicted octanol–water partition coefficient (Wildman–Crippen LogP) is 2.36.